The first-order chi connectivity index (χ1) is 9.11. The van der Waals surface area contributed by atoms with Crippen molar-refractivity contribution in [1.82, 2.24) is 0 Å². The monoisotopic (exact) mass is 402 g/mol. The van der Waals surface area contributed by atoms with Gasteiger partial charge in [0.2, 0.25) is 0 Å². The van der Waals surface area contributed by atoms with Gasteiger partial charge < -0.3 is 4.74 Å². The molecule has 0 saturated carbocycles. The molecular formula is C15H16Br2OS. The first-order valence-corrected chi connectivity index (χ1v) is 8.77. The van der Waals surface area contributed by atoms with Crippen LogP contribution in [0.15, 0.2) is 34.8 Å². The minimum atomic E-state index is 0.239. The molecule has 1 nitrogen and oxygen atoms in total. The molecule has 0 aliphatic heterocycles. The number of halogens is 2. The number of hydrogen-bond donors (Lipinski definition) is 0. The van der Waals surface area contributed by atoms with Crippen LogP contribution in [0, 0.1) is 6.92 Å². The lowest BCUT2D eigenvalue weighted by molar-refractivity contribution is 0.315. The molecule has 4 heteroatoms. The third kappa shape index (κ3) is 3.83. The molecule has 2 rings (SSSR count). The van der Waals surface area contributed by atoms with Crippen LogP contribution in [0.25, 0.3) is 0 Å². The van der Waals surface area contributed by atoms with E-state index in [0.717, 1.165) is 23.2 Å². The minimum absolute atomic E-state index is 0.239. The summed E-state index contributed by atoms with van der Waals surface area (Å²) in [6.07, 6.45) is 1.02. The molecule has 1 aromatic heterocycles. The van der Waals surface area contributed by atoms with Gasteiger partial charge in [-0.05, 0) is 59.1 Å². The van der Waals surface area contributed by atoms with E-state index in [1.54, 1.807) is 0 Å². The fraction of sp³-hybridized carbons (Fsp3) is 0.333. The average molecular weight is 404 g/mol. The van der Waals surface area contributed by atoms with Crippen LogP contribution in [0.3, 0.4) is 0 Å². The SMILES string of the molecule is CCCOc1ccc(C(Br)c2ccc(C)s2)cc1Br. The molecule has 1 aromatic carbocycles. The molecule has 0 N–H and O–H groups in total. The molecule has 102 valence electrons. The Morgan fingerprint density at radius 2 is 2.05 bits per heavy atom. The highest BCUT2D eigenvalue weighted by molar-refractivity contribution is 9.10. The number of alkyl halides is 1. The van der Waals surface area contributed by atoms with Crippen molar-refractivity contribution >= 4 is 43.2 Å². The predicted molar refractivity (Wildman–Crippen MR) is 89.8 cm³/mol. The van der Waals surface area contributed by atoms with Gasteiger partial charge in [-0.25, -0.2) is 0 Å². The molecule has 0 aliphatic rings. The standard InChI is InChI=1S/C15H16Br2OS/c1-3-8-18-13-6-5-11(9-12(13)16)15(17)14-7-4-10(2)19-14/h4-7,9,15H,3,8H2,1-2H3. The van der Waals surface area contributed by atoms with E-state index in [9.17, 15) is 0 Å². The summed E-state index contributed by atoms with van der Waals surface area (Å²) < 4.78 is 6.68. The minimum Gasteiger partial charge on any atom is -0.492 e. The van der Waals surface area contributed by atoms with Crippen LogP contribution in [-0.4, -0.2) is 6.61 Å². The quantitative estimate of drug-likeness (QED) is 0.548. The van der Waals surface area contributed by atoms with Gasteiger partial charge in [0.1, 0.15) is 5.75 Å². The average Bonchev–Trinajstić information content (AvgIpc) is 2.83. The summed E-state index contributed by atoms with van der Waals surface area (Å²) in [7, 11) is 0. The van der Waals surface area contributed by atoms with Gasteiger partial charge in [-0.1, -0.05) is 28.9 Å². The highest BCUT2D eigenvalue weighted by atomic mass is 79.9. The molecule has 0 bridgehead atoms. The van der Waals surface area contributed by atoms with E-state index < -0.39 is 0 Å². The Morgan fingerprint density at radius 1 is 1.26 bits per heavy atom. The van der Waals surface area contributed by atoms with Gasteiger partial charge in [0, 0.05) is 9.75 Å². The second-order valence-corrected chi connectivity index (χ2v) is 7.44. The van der Waals surface area contributed by atoms with Gasteiger partial charge >= 0.3 is 0 Å². The summed E-state index contributed by atoms with van der Waals surface area (Å²) in [5.74, 6) is 0.910. The first kappa shape index (κ1) is 15.1. The lowest BCUT2D eigenvalue weighted by atomic mass is 10.1. The van der Waals surface area contributed by atoms with Crippen molar-refractivity contribution in [2.24, 2.45) is 0 Å². The predicted octanol–water partition coefficient (Wildman–Crippen LogP) is 6.09. The van der Waals surface area contributed by atoms with Gasteiger partial charge in [0.15, 0.2) is 0 Å². The zero-order valence-electron chi connectivity index (χ0n) is 11.0. The van der Waals surface area contributed by atoms with Crippen LogP contribution in [-0.2, 0) is 0 Å². The number of benzene rings is 1. The Kier molecular flexibility index (Phi) is 5.48. The Balaban J connectivity index is 2.19. The highest BCUT2D eigenvalue weighted by Crippen LogP contribution is 2.38. The second-order valence-electron chi connectivity index (χ2n) is 4.35. The van der Waals surface area contributed by atoms with Crippen LogP contribution in [0.5, 0.6) is 5.75 Å². The third-order valence-corrected chi connectivity index (χ3v) is 5.73. The van der Waals surface area contributed by atoms with Gasteiger partial charge in [0.05, 0.1) is 15.9 Å². The Labute approximate surface area is 135 Å². The number of ether oxygens (including phenoxy) is 1. The fourth-order valence-corrected chi connectivity index (χ4v) is 3.87. The van der Waals surface area contributed by atoms with E-state index in [1.807, 2.05) is 17.4 Å². The van der Waals surface area contributed by atoms with Crippen LogP contribution >= 0.6 is 43.2 Å². The van der Waals surface area contributed by atoms with Crippen LogP contribution in [0.1, 0.15) is 33.5 Å². The summed E-state index contributed by atoms with van der Waals surface area (Å²) in [4.78, 5) is 2.90. The zero-order chi connectivity index (χ0) is 13.8. The normalized spacial score (nSPS) is 12.4. The maximum absolute atomic E-state index is 5.67. The molecule has 1 atom stereocenters. The summed E-state index contributed by atoms with van der Waals surface area (Å²) in [6, 6.07) is 10.6. The number of rotatable bonds is 5. The highest BCUT2D eigenvalue weighted by Gasteiger charge is 2.14. The smallest absolute Gasteiger partial charge is 0.133 e. The van der Waals surface area contributed by atoms with Crippen LogP contribution in [0.2, 0.25) is 0 Å². The first-order valence-electron chi connectivity index (χ1n) is 6.24. The van der Waals surface area contributed by atoms with Crippen molar-refractivity contribution in [1.29, 1.82) is 0 Å². The van der Waals surface area contributed by atoms with Crippen molar-refractivity contribution in [3.05, 3.63) is 50.1 Å². The zero-order valence-corrected chi connectivity index (χ0v) is 14.9. The Bertz CT molecular complexity index is 551. The summed E-state index contributed by atoms with van der Waals surface area (Å²) >= 11 is 9.17. The fourth-order valence-electron chi connectivity index (χ4n) is 1.76. The summed E-state index contributed by atoms with van der Waals surface area (Å²) in [6.45, 7) is 4.99. The number of aryl methyl sites for hydroxylation is 1. The van der Waals surface area contributed by atoms with E-state index in [4.69, 9.17) is 4.74 Å². The van der Waals surface area contributed by atoms with Gasteiger partial charge in [-0.15, -0.1) is 11.3 Å². The Hall–Kier alpha value is -0.320. The lowest BCUT2D eigenvalue weighted by Crippen LogP contribution is -1.97. The molecule has 0 aliphatic carbocycles. The Morgan fingerprint density at radius 3 is 2.63 bits per heavy atom. The molecule has 0 radical (unpaired) electrons. The second kappa shape index (κ2) is 6.91. The van der Waals surface area contributed by atoms with Gasteiger partial charge in [-0.2, -0.15) is 0 Å². The van der Waals surface area contributed by atoms with E-state index in [2.05, 4.69) is 70.0 Å². The van der Waals surface area contributed by atoms with Crippen molar-refractivity contribution < 1.29 is 4.74 Å². The number of thiophene rings is 1. The van der Waals surface area contributed by atoms with Gasteiger partial charge in [0.25, 0.3) is 0 Å². The maximum atomic E-state index is 5.67. The molecule has 0 amide bonds. The third-order valence-electron chi connectivity index (χ3n) is 2.72. The molecule has 0 saturated heterocycles. The van der Waals surface area contributed by atoms with Crippen molar-refractivity contribution in [2.75, 3.05) is 6.61 Å². The van der Waals surface area contributed by atoms with E-state index in [1.165, 1.54) is 15.3 Å². The topological polar surface area (TPSA) is 9.23 Å². The molecule has 0 spiro atoms. The molecule has 1 heterocycles. The summed E-state index contributed by atoms with van der Waals surface area (Å²) in [5, 5.41) is 0. The van der Waals surface area contributed by atoms with E-state index >= 15 is 0 Å². The van der Waals surface area contributed by atoms with Crippen molar-refractivity contribution in [2.45, 2.75) is 25.1 Å². The molecular weight excluding hydrogens is 388 g/mol. The van der Waals surface area contributed by atoms with Crippen molar-refractivity contribution in [3.63, 3.8) is 0 Å². The molecule has 1 unspecified atom stereocenters. The van der Waals surface area contributed by atoms with E-state index in [-0.39, 0.29) is 4.83 Å². The maximum Gasteiger partial charge on any atom is 0.133 e. The van der Waals surface area contributed by atoms with Crippen LogP contribution in [0.4, 0.5) is 0 Å². The van der Waals surface area contributed by atoms with Crippen molar-refractivity contribution in [3.8, 4) is 5.75 Å². The number of hydrogen-bond acceptors (Lipinski definition) is 2. The molecule has 0 fully saturated rings. The largest absolute Gasteiger partial charge is 0.492 e. The lowest BCUT2D eigenvalue weighted by Gasteiger charge is -2.12. The van der Waals surface area contributed by atoms with Gasteiger partial charge in [-0.3, -0.25) is 0 Å². The molecule has 2 aromatic rings. The summed E-state index contributed by atoms with van der Waals surface area (Å²) in [5.41, 5.74) is 1.23. The van der Waals surface area contributed by atoms with E-state index in [0.29, 0.717) is 0 Å². The van der Waals surface area contributed by atoms with Crippen LogP contribution < -0.4 is 4.74 Å². The molecule has 19 heavy (non-hydrogen) atoms.